The van der Waals surface area contributed by atoms with Crippen molar-refractivity contribution in [2.24, 2.45) is 0 Å². The van der Waals surface area contributed by atoms with Gasteiger partial charge in [-0.2, -0.15) is 11.8 Å². The van der Waals surface area contributed by atoms with E-state index in [9.17, 15) is 10.1 Å². The number of hydrogen-bond acceptors (Lipinski definition) is 5. The van der Waals surface area contributed by atoms with Crippen molar-refractivity contribution in [3.8, 4) is 0 Å². The molecule has 0 amide bonds. The van der Waals surface area contributed by atoms with E-state index < -0.39 is 4.92 Å². The van der Waals surface area contributed by atoms with Crippen LogP contribution in [0.3, 0.4) is 0 Å². The molecule has 0 aliphatic heterocycles. The first kappa shape index (κ1) is 12.8. The third-order valence-electron chi connectivity index (χ3n) is 2.50. The first-order chi connectivity index (χ1) is 8.74. The van der Waals surface area contributed by atoms with Crippen LogP contribution < -0.4 is 0 Å². The third kappa shape index (κ3) is 2.62. The van der Waals surface area contributed by atoms with E-state index >= 15 is 0 Å². The van der Waals surface area contributed by atoms with E-state index in [1.807, 2.05) is 6.26 Å². The Balaban J connectivity index is 2.20. The number of hydrogen-bond donors (Lipinski definition) is 0. The van der Waals surface area contributed by atoms with Crippen molar-refractivity contribution in [3.05, 3.63) is 34.6 Å². The molecule has 96 valence electrons. The second kappa shape index (κ2) is 5.83. The van der Waals surface area contributed by atoms with Crippen LogP contribution in [0.4, 0.5) is 5.69 Å². The van der Waals surface area contributed by atoms with E-state index in [2.05, 4.69) is 4.98 Å². The van der Waals surface area contributed by atoms with Gasteiger partial charge in [0.1, 0.15) is 12.4 Å². The predicted octanol–water partition coefficient (Wildman–Crippen LogP) is 2.28. The van der Waals surface area contributed by atoms with Crippen molar-refractivity contribution in [1.29, 1.82) is 0 Å². The summed E-state index contributed by atoms with van der Waals surface area (Å²) < 4.78 is 7.23. The molecule has 2 rings (SSSR count). The minimum Gasteiger partial charge on any atom is -0.360 e. The van der Waals surface area contributed by atoms with Crippen LogP contribution >= 0.6 is 11.8 Å². The number of aromatic nitrogens is 2. The van der Waals surface area contributed by atoms with E-state index in [-0.39, 0.29) is 5.69 Å². The zero-order chi connectivity index (χ0) is 13.0. The number of rotatable bonds is 6. The Morgan fingerprint density at radius 2 is 2.39 bits per heavy atom. The van der Waals surface area contributed by atoms with Crippen LogP contribution in [-0.2, 0) is 11.5 Å². The van der Waals surface area contributed by atoms with Crippen molar-refractivity contribution in [2.75, 3.05) is 18.6 Å². The lowest BCUT2D eigenvalue weighted by Gasteiger charge is -2.05. The molecule has 0 bridgehead atoms. The van der Waals surface area contributed by atoms with Gasteiger partial charge in [0.25, 0.3) is 5.69 Å². The fraction of sp³-hybridized carbons (Fsp3) is 0.364. The molecule has 0 aliphatic rings. The maximum Gasteiger partial charge on any atom is 0.281 e. The van der Waals surface area contributed by atoms with E-state index in [0.29, 0.717) is 24.4 Å². The molecule has 0 N–H and O–H groups in total. The summed E-state index contributed by atoms with van der Waals surface area (Å²) in [6, 6.07) is 3.10. The maximum atomic E-state index is 10.9. The summed E-state index contributed by atoms with van der Waals surface area (Å²) >= 11 is 1.71. The molecule has 0 saturated heterocycles. The zero-order valence-corrected chi connectivity index (χ0v) is 10.7. The van der Waals surface area contributed by atoms with Crippen molar-refractivity contribution in [3.63, 3.8) is 0 Å². The molecule has 2 aromatic rings. The molecule has 0 aliphatic carbocycles. The first-order valence-electron chi connectivity index (χ1n) is 5.39. The quantitative estimate of drug-likeness (QED) is 0.456. The molecule has 2 aromatic heterocycles. The van der Waals surface area contributed by atoms with Gasteiger partial charge in [-0.15, -0.1) is 0 Å². The Morgan fingerprint density at radius 1 is 1.56 bits per heavy atom. The maximum absolute atomic E-state index is 10.9. The molecule has 0 radical (unpaired) electrons. The van der Waals surface area contributed by atoms with Crippen LogP contribution in [0.5, 0.6) is 0 Å². The van der Waals surface area contributed by atoms with Crippen LogP contribution in [0, 0.1) is 10.1 Å². The number of thioether (sulfide) groups is 1. The summed E-state index contributed by atoms with van der Waals surface area (Å²) in [5, 5.41) is 11.4. The smallest absolute Gasteiger partial charge is 0.281 e. The third-order valence-corrected chi connectivity index (χ3v) is 3.07. The molecule has 7 heteroatoms. The van der Waals surface area contributed by atoms with Crippen LogP contribution in [0.25, 0.3) is 11.0 Å². The average Bonchev–Trinajstić information content (AvgIpc) is 2.77. The lowest BCUT2D eigenvalue weighted by atomic mass is 10.3. The summed E-state index contributed by atoms with van der Waals surface area (Å²) in [7, 11) is 0. The second-order valence-electron chi connectivity index (χ2n) is 3.64. The first-order valence-corrected chi connectivity index (χ1v) is 6.78. The molecule has 0 unspecified atom stereocenters. The summed E-state index contributed by atoms with van der Waals surface area (Å²) in [5.74, 6) is 0.923. The van der Waals surface area contributed by atoms with E-state index in [4.69, 9.17) is 4.74 Å². The molecular weight excluding hydrogens is 254 g/mol. The summed E-state index contributed by atoms with van der Waals surface area (Å²) in [5.41, 5.74) is 0.649. The SMILES string of the molecule is CSCCOCn1ccc2c([N+](=O)[O-])ccnc21. The standard InChI is InChI=1S/C11H13N3O3S/c1-18-7-6-17-8-13-5-3-9-10(14(15)16)2-4-12-11(9)13/h2-5H,6-8H2,1H3. The molecule has 6 nitrogen and oxygen atoms in total. The highest BCUT2D eigenvalue weighted by Crippen LogP contribution is 2.24. The van der Waals surface area contributed by atoms with Gasteiger partial charge < -0.3 is 9.30 Å². The van der Waals surface area contributed by atoms with Crippen LogP contribution in [0.1, 0.15) is 0 Å². The van der Waals surface area contributed by atoms with Gasteiger partial charge in [0.15, 0.2) is 0 Å². The Morgan fingerprint density at radius 3 is 3.11 bits per heavy atom. The normalized spacial score (nSPS) is 10.9. The topological polar surface area (TPSA) is 70.2 Å². The molecule has 0 saturated carbocycles. The monoisotopic (exact) mass is 267 g/mol. The zero-order valence-electron chi connectivity index (χ0n) is 9.91. The fourth-order valence-corrected chi connectivity index (χ4v) is 1.93. The largest absolute Gasteiger partial charge is 0.360 e. The molecule has 0 atom stereocenters. The predicted molar refractivity (Wildman–Crippen MR) is 70.7 cm³/mol. The highest BCUT2D eigenvalue weighted by atomic mass is 32.2. The number of pyridine rings is 1. The molecule has 2 heterocycles. The van der Waals surface area contributed by atoms with E-state index in [0.717, 1.165) is 5.75 Å². The van der Waals surface area contributed by atoms with Crippen molar-refractivity contribution >= 4 is 28.5 Å². The molecular formula is C11H13N3O3S. The van der Waals surface area contributed by atoms with Crippen molar-refractivity contribution < 1.29 is 9.66 Å². The molecule has 18 heavy (non-hydrogen) atoms. The van der Waals surface area contributed by atoms with Gasteiger partial charge in [0.2, 0.25) is 0 Å². The van der Waals surface area contributed by atoms with Crippen LogP contribution in [0.15, 0.2) is 24.5 Å². The van der Waals surface area contributed by atoms with Gasteiger partial charge in [0, 0.05) is 24.2 Å². The summed E-state index contributed by atoms with van der Waals surface area (Å²) in [6.07, 6.45) is 5.21. The molecule has 0 aromatic carbocycles. The summed E-state index contributed by atoms with van der Waals surface area (Å²) in [6.45, 7) is 1.01. The lowest BCUT2D eigenvalue weighted by Crippen LogP contribution is -2.04. The molecule has 0 spiro atoms. The number of nitrogens with zero attached hydrogens (tertiary/aromatic N) is 3. The minimum atomic E-state index is -0.400. The fourth-order valence-electron chi connectivity index (χ4n) is 1.64. The molecule has 0 fully saturated rings. The minimum absolute atomic E-state index is 0.0721. The highest BCUT2D eigenvalue weighted by Gasteiger charge is 2.14. The van der Waals surface area contributed by atoms with Gasteiger partial charge in [-0.3, -0.25) is 10.1 Å². The van der Waals surface area contributed by atoms with Gasteiger partial charge in [0.05, 0.1) is 16.9 Å². The second-order valence-corrected chi connectivity index (χ2v) is 4.63. The average molecular weight is 267 g/mol. The van der Waals surface area contributed by atoms with Crippen LogP contribution in [0.2, 0.25) is 0 Å². The number of ether oxygens (including phenoxy) is 1. The van der Waals surface area contributed by atoms with Crippen molar-refractivity contribution in [1.82, 2.24) is 9.55 Å². The van der Waals surface area contributed by atoms with Gasteiger partial charge in [-0.05, 0) is 12.3 Å². The van der Waals surface area contributed by atoms with E-state index in [1.165, 1.54) is 12.3 Å². The Kier molecular flexibility index (Phi) is 4.16. The lowest BCUT2D eigenvalue weighted by molar-refractivity contribution is -0.383. The summed E-state index contributed by atoms with van der Waals surface area (Å²) in [4.78, 5) is 14.6. The van der Waals surface area contributed by atoms with Crippen molar-refractivity contribution in [2.45, 2.75) is 6.73 Å². The van der Waals surface area contributed by atoms with Gasteiger partial charge >= 0.3 is 0 Å². The Labute approximate surface area is 108 Å². The highest BCUT2D eigenvalue weighted by molar-refractivity contribution is 7.98. The Bertz CT molecular complexity index is 555. The Hall–Kier alpha value is -1.60. The number of fused-ring (bicyclic) bond motifs is 1. The van der Waals surface area contributed by atoms with E-state index in [1.54, 1.807) is 28.6 Å². The van der Waals surface area contributed by atoms with Gasteiger partial charge in [-0.1, -0.05) is 0 Å². The van der Waals surface area contributed by atoms with Gasteiger partial charge in [-0.25, -0.2) is 4.98 Å². The van der Waals surface area contributed by atoms with Crippen LogP contribution in [-0.4, -0.2) is 33.1 Å². The number of nitro groups is 1.